The molecule has 2 rings (SSSR count). The van der Waals surface area contributed by atoms with Crippen LogP contribution in [0.1, 0.15) is 24.0 Å². The van der Waals surface area contributed by atoms with Crippen molar-refractivity contribution in [3.05, 3.63) is 71.3 Å². The van der Waals surface area contributed by atoms with Crippen LogP contribution in [0.15, 0.2) is 48.5 Å². The van der Waals surface area contributed by atoms with Crippen molar-refractivity contribution >= 4 is 11.9 Å². The van der Waals surface area contributed by atoms with E-state index in [0.717, 1.165) is 17.7 Å². The number of amides is 1. The Balaban J connectivity index is 2.07. The van der Waals surface area contributed by atoms with Gasteiger partial charge in [-0.2, -0.15) is 0 Å². The van der Waals surface area contributed by atoms with Gasteiger partial charge in [0.15, 0.2) is 11.6 Å². The third-order valence-electron chi connectivity index (χ3n) is 3.73. The zero-order valence-electron chi connectivity index (χ0n) is 13.6. The van der Waals surface area contributed by atoms with E-state index >= 15 is 0 Å². The van der Waals surface area contributed by atoms with Crippen LogP contribution in [0, 0.1) is 11.6 Å². The number of halogens is 2. The van der Waals surface area contributed by atoms with Gasteiger partial charge in [0.2, 0.25) is 5.91 Å². The van der Waals surface area contributed by atoms with Crippen molar-refractivity contribution in [1.29, 1.82) is 0 Å². The summed E-state index contributed by atoms with van der Waals surface area (Å²) >= 11 is 0. The summed E-state index contributed by atoms with van der Waals surface area (Å²) in [5.41, 5.74) is 1.29. The zero-order valence-corrected chi connectivity index (χ0v) is 13.6. The summed E-state index contributed by atoms with van der Waals surface area (Å²) < 4.78 is 26.3. The molecule has 2 aromatic carbocycles. The number of hydrogen-bond donors (Lipinski definition) is 1. The smallest absolute Gasteiger partial charge is 0.303 e. The first-order chi connectivity index (χ1) is 12.0. The minimum atomic E-state index is -0.995. The maximum absolute atomic E-state index is 13.3. The Labute approximate surface area is 144 Å². The normalized spacial score (nSPS) is 10.5. The number of carboxylic acids is 1. The second-order valence-electron chi connectivity index (χ2n) is 5.72. The number of hydrogen-bond acceptors (Lipinski definition) is 2. The average molecular weight is 347 g/mol. The number of carboxylic acid groups (broad SMARTS) is 1. The largest absolute Gasteiger partial charge is 0.481 e. The highest BCUT2D eigenvalue weighted by Gasteiger charge is 2.16. The molecule has 2 aromatic rings. The number of benzene rings is 2. The molecule has 0 aliphatic rings. The van der Waals surface area contributed by atoms with Gasteiger partial charge >= 0.3 is 5.97 Å². The van der Waals surface area contributed by atoms with E-state index in [1.165, 1.54) is 6.07 Å². The predicted octanol–water partition coefficient (Wildman–Crippen LogP) is 3.40. The van der Waals surface area contributed by atoms with Crippen LogP contribution in [0.5, 0.6) is 0 Å². The number of aliphatic carboxylic acids is 1. The van der Waals surface area contributed by atoms with Crippen LogP contribution in [0.25, 0.3) is 0 Å². The van der Waals surface area contributed by atoms with Crippen LogP contribution < -0.4 is 0 Å². The van der Waals surface area contributed by atoms with Crippen molar-refractivity contribution < 1.29 is 23.5 Å². The van der Waals surface area contributed by atoms with Crippen LogP contribution >= 0.6 is 0 Å². The molecule has 132 valence electrons. The minimum absolute atomic E-state index is 0.0380. The van der Waals surface area contributed by atoms with Gasteiger partial charge in [-0.1, -0.05) is 36.4 Å². The summed E-state index contributed by atoms with van der Waals surface area (Å²) in [6, 6.07) is 12.7. The van der Waals surface area contributed by atoms with Crippen molar-refractivity contribution in [3.8, 4) is 0 Å². The van der Waals surface area contributed by atoms with Gasteiger partial charge in [-0.3, -0.25) is 9.59 Å². The van der Waals surface area contributed by atoms with Gasteiger partial charge in [-0.05, 0) is 29.7 Å². The highest BCUT2D eigenvalue weighted by atomic mass is 19.2. The molecule has 0 aliphatic heterocycles. The number of carbonyl (C=O) groups excluding carboxylic acids is 1. The second-order valence-corrected chi connectivity index (χ2v) is 5.72. The zero-order chi connectivity index (χ0) is 18.2. The summed E-state index contributed by atoms with van der Waals surface area (Å²) in [5, 5.41) is 8.77. The third-order valence-corrected chi connectivity index (χ3v) is 3.73. The highest BCUT2D eigenvalue weighted by Crippen LogP contribution is 2.13. The molecule has 0 saturated heterocycles. The molecule has 0 aliphatic carbocycles. The Kier molecular flexibility index (Phi) is 6.62. The molecule has 0 saturated carbocycles. The van der Waals surface area contributed by atoms with E-state index in [0.29, 0.717) is 18.5 Å². The molecule has 0 radical (unpaired) electrons. The Morgan fingerprint density at radius 1 is 0.960 bits per heavy atom. The first-order valence-corrected chi connectivity index (χ1v) is 7.93. The maximum Gasteiger partial charge on any atom is 0.303 e. The Morgan fingerprint density at radius 3 is 2.32 bits per heavy atom. The summed E-state index contributed by atoms with van der Waals surface area (Å²) in [6.45, 7) is 0.618. The summed E-state index contributed by atoms with van der Waals surface area (Å²) in [6.07, 6.45) is 0.215. The minimum Gasteiger partial charge on any atom is -0.481 e. The van der Waals surface area contributed by atoms with E-state index in [1.54, 1.807) is 4.90 Å². The lowest BCUT2D eigenvalue weighted by molar-refractivity contribution is -0.138. The first kappa shape index (κ1) is 18.6. The summed E-state index contributed by atoms with van der Waals surface area (Å²) in [5.74, 6) is -3.14. The van der Waals surface area contributed by atoms with E-state index in [4.69, 9.17) is 5.11 Å². The number of rotatable bonds is 8. The number of nitrogens with zero attached hydrogens (tertiary/aromatic N) is 1. The molecule has 0 aromatic heterocycles. The summed E-state index contributed by atoms with van der Waals surface area (Å²) in [7, 11) is 0. The topological polar surface area (TPSA) is 57.6 Å². The van der Waals surface area contributed by atoms with Gasteiger partial charge in [0.1, 0.15) is 0 Å². The lowest BCUT2D eigenvalue weighted by Gasteiger charge is -2.23. The Morgan fingerprint density at radius 2 is 1.68 bits per heavy atom. The molecule has 0 heterocycles. The molecule has 1 N–H and O–H groups in total. The van der Waals surface area contributed by atoms with Gasteiger partial charge < -0.3 is 10.0 Å². The third kappa shape index (κ3) is 5.99. The average Bonchev–Trinajstić information content (AvgIpc) is 2.58. The van der Waals surface area contributed by atoms with E-state index in [9.17, 15) is 18.4 Å². The van der Waals surface area contributed by atoms with Crippen LogP contribution in [0.4, 0.5) is 8.78 Å². The van der Waals surface area contributed by atoms with Gasteiger partial charge in [0.05, 0.1) is 6.42 Å². The van der Waals surface area contributed by atoms with Crippen LogP contribution in [0.2, 0.25) is 0 Å². The lowest BCUT2D eigenvalue weighted by Crippen LogP contribution is -2.33. The molecule has 0 atom stereocenters. The molecule has 6 heteroatoms. The molecule has 4 nitrogen and oxygen atoms in total. The van der Waals surface area contributed by atoms with Gasteiger partial charge in [0.25, 0.3) is 0 Å². The molecular weight excluding hydrogens is 328 g/mol. The van der Waals surface area contributed by atoms with Crippen molar-refractivity contribution in [2.75, 3.05) is 6.54 Å². The van der Waals surface area contributed by atoms with Crippen LogP contribution in [-0.2, 0) is 22.6 Å². The monoisotopic (exact) mass is 347 g/mol. The standard InChI is InChI=1S/C19H19F2NO3/c20-16-9-8-15(11-17(16)21)12-18(23)22(10-4-7-19(24)25)13-14-5-2-1-3-6-14/h1-3,5-6,8-9,11H,4,7,10,12-13H2,(H,24,25). The van der Waals surface area contributed by atoms with Crippen molar-refractivity contribution in [1.82, 2.24) is 4.90 Å². The van der Waals surface area contributed by atoms with Crippen molar-refractivity contribution in [2.45, 2.75) is 25.8 Å². The molecular formula is C19H19F2NO3. The highest BCUT2D eigenvalue weighted by molar-refractivity contribution is 5.78. The predicted molar refractivity (Wildman–Crippen MR) is 88.8 cm³/mol. The SMILES string of the molecule is O=C(O)CCCN(Cc1ccccc1)C(=O)Cc1ccc(F)c(F)c1. The van der Waals surface area contributed by atoms with Gasteiger partial charge in [0, 0.05) is 19.5 Å². The van der Waals surface area contributed by atoms with Crippen molar-refractivity contribution in [2.24, 2.45) is 0 Å². The molecule has 0 unspecified atom stereocenters. The fraction of sp³-hybridized carbons (Fsp3) is 0.263. The van der Waals surface area contributed by atoms with Gasteiger partial charge in [-0.25, -0.2) is 8.78 Å². The quantitative estimate of drug-likeness (QED) is 0.796. The fourth-order valence-electron chi connectivity index (χ4n) is 2.45. The van der Waals surface area contributed by atoms with E-state index in [2.05, 4.69) is 0 Å². The van der Waals surface area contributed by atoms with Crippen LogP contribution in [-0.4, -0.2) is 28.4 Å². The molecule has 0 bridgehead atoms. The van der Waals surface area contributed by atoms with Gasteiger partial charge in [-0.15, -0.1) is 0 Å². The number of carbonyl (C=O) groups is 2. The van der Waals surface area contributed by atoms with Crippen molar-refractivity contribution in [3.63, 3.8) is 0 Å². The fourth-order valence-corrected chi connectivity index (χ4v) is 2.45. The molecule has 0 fully saturated rings. The molecule has 0 spiro atoms. The van der Waals surface area contributed by atoms with E-state index in [1.807, 2.05) is 30.3 Å². The first-order valence-electron chi connectivity index (χ1n) is 7.93. The molecule has 1 amide bonds. The Hall–Kier alpha value is -2.76. The Bertz CT molecular complexity index is 735. The van der Waals surface area contributed by atoms with Crippen LogP contribution in [0.3, 0.4) is 0 Å². The second kappa shape index (κ2) is 8.92. The maximum atomic E-state index is 13.3. The summed E-state index contributed by atoms with van der Waals surface area (Å²) in [4.78, 5) is 24.8. The van der Waals surface area contributed by atoms with E-state index < -0.39 is 17.6 Å². The molecule has 25 heavy (non-hydrogen) atoms. The lowest BCUT2D eigenvalue weighted by atomic mass is 10.1. The van der Waals surface area contributed by atoms with E-state index in [-0.39, 0.29) is 25.3 Å².